The summed E-state index contributed by atoms with van der Waals surface area (Å²) in [6.45, 7) is 5.92. The number of hydrogen-bond donors (Lipinski definition) is 0. The Labute approximate surface area is 137 Å². The lowest BCUT2D eigenvalue weighted by Crippen LogP contribution is -2.34. The van der Waals surface area contributed by atoms with Crippen molar-refractivity contribution in [1.29, 1.82) is 0 Å². The first-order valence-corrected chi connectivity index (χ1v) is 8.93. The zero-order chi connectivity index (χ0) is 16.8. The summed E-state index contributed by atoms with van der Waals surface area (Å²) < 4.78 is 29.5. The molecule has 2 aromatic rings. The number of aryl methyl sites for hydroxylation is 1. The van der Waals surface area contributed by atoms with Gasteiger partial charge < -0.3 is 4.90 Å². The highest BCUT2D eigenvalue weighted by atomic mass is 32.2. The average Bonchev–Trinajstić information content (AvgIpc) is 2.69. The molecule has 2 aromatic carbocycles. The zero-order valence-corrected chi connectivity index (χ0v) is 14.6. The van der Waals surface area contributed by atoms with Crippen LogP contribution in [0, 0.1) is 6.92 Å². The lowest BCUT2D eigenvalue weighted by molar-refractivity contribution is 0.597. The second kappa shape index (κ2) is 5.20. The van der Waals surface area contributed by atoms with Gasteiger partial charge in [0.1, 0.15) is 5.84 Å². The Morgan fingerprint density at radius 3 is 2.22 bits per heavy atom. The van der Waals surface area contributed by atoms with E-state index in [9.17, 15) is 8.42 Å². The van der Waals surface area contributed by atoms with Crippen LogP contribution in [0.2, 0.25) is 0 Å². The molecule has 5 heteroatoms. The van der Waals surface area contributed by atoms with Crippen molar-refractivity contribution >= 4 is 21.5 Å². The Morgan fingerprint density at radius 2 is 1.61 bits per heavy atom. The van der Waals surface area contributed by atoms with Gasteiger partial charge >= 0.3 is 0 Å². The van der Waals surface area contributed by atoms with Crippen LogP contribution >= 0.6 is 0 Å². The first kappa shape index (κ1) is 15.7. The van der Waals surface area contributed by atoms with Crippen molar-refractivity contribution in [2.24, 2.45) is 4.40 Å². The normalized spacial score (nSPS) is 18.3. The molecular weight excluding hydrogens is 308 g/mol. The molecule has 23 heavy (non-hydrogen) atoms. The highest BCUT2D eigenvalue weighted by Gasteiger charge is 2.41. The molecular formula is C18H20N2O2S. The standard InChI is InChI=1S/C18H20N2O2S/c1-13-9-11-14(12-10-13)23(21,22)19-17-18(2,3)15-7-5-6-8-16(15)20(17)4/h5-12H,1-4H3/b19-17-. The number of hydrogen-bond acceptors (Lipinski definition) is 2. The van der Waals surface area contributed by atoms with Crippen LogP contribution in [-0.4, -0.2) is 21.3 Å². The van der Waals surface area contributed by atoms with E-state index in [0.29, 0.717) is 5.84 Å². The fourth-order valence-corrected chi connectivity index (χ4v) is 4.16. The average molecular weight is 328 g/mol. The second-order valence-electron chi connectivity index (χ2n) is 6.40. The topological polar surface area (TPSA) is 49.7 Å². The van der Waals surface area contributed by atoms with E-state index in [0.717, 1.165) is 16.8 Å². The highest BCUT2D eigenvalue weighted by Crippen LogP contribution is 2.41. The maximum Gasteiger partial charge on any atom is 0.283 e. The largest absolute Gasteiger partial charge is 0.331 e. The van der Waals surface area contributed by atoms with Crippen molar-refractivity contribution in [2.45, 2.75) is 31.1 Å². The monoisotopic (exact) mass is 328 g/mol. The molecule has 0 fully saturated rings. The Balaban J connectivity index is 2.11. The van der Waals surface area contributed by atoms with E-state index in [1.807, 2.05) is 57.0 Å². The molecule has 0 spiro atoms. The third-order valence-electron chi connectivity index (χ3n) is 4.34. The number of rotatable bonds is 2. The van der Waals surface area contributed by atoms with Gasteiger partial charge in [-0.25, -0.2) is 0 Å². The predicted molar refractivity (Wildman–Crippen MR) is 93.7 cm³/mol. The number of anilines is 1. The van der Waals surface area contributed by atoms with Crippen LogP contribution in [0.15, 0.2) is 57.8 Å². The lowest BCUT2D eigenvalue weighted by Gasteiger charge is -2.22. The predicted octanol–water partition coefficient (Wildman–Crippen LogP) is 3.51. The summed E-state index contributed by atoms with van der Waals surface area (Å²) in [6, 6.07) is 14.7. The van der Waals surface area contributed by atoms with Gasteiger partial charge in [-0.3, -0.25) is 0 Å². The first-order chi connectivity index (χ1) is 10.7. The molecule has 0 atom stereocenters. The van der Waals surface area contributed by atoms with Crippen molar-refractivity contribution in [3.05, 3.63) is 59.7 Å². The smallest absolute Gasteiger partial charge is 0.283 e. The molecule has 1 heterocycles. The molecule has 1 aliphatic rings. The van der Waals surface area contributed by atoms with Gasteiger partial charge in [0.15, 0.2) is 0 Å². The Bertz CT molecular complexity index is 881. The number of benzene rings is 2. The van der Waals surface area contributed by atoms with Crippen molar-refractivity contribution in [3.63, 3.8) is 0 Å². The molecule has 0 saturated heterocycles. The van der Waals surface area contributed by atoms with Crippen molar-refractivity contribution in [3.8, 4) is 0 Å². The number of sulfonamides is 1. The lowest BCUT2D eigenvalue weighted by atomic mass is 9.86. The van der Waals surface area contributed by atoms with Gasteiger partial charge in [0, 0.05) is 12.7 Å². The quantitative estimate of drug-likeness (QED) is 0.847. The molecule has 1 aliphatic heterocycles. The van der Waals surface area contributed by atoms with Crippen LogP contribution in [-0.2, 0) is 15.4 Å². The summed E-state index contributed by atoms with van der Waals surface area (Å²) in [5, 5.41) is 0. The molecule has 120 valence electrons. The van der Waals surface area contributed by atoms with Crippen LogP contribution < -0.4 is 4.90 Å². The van der Waals surface area contributed by atoms with Crippen LogP contribution in [0.1, 0.15) is 25.0 Å². The summed E-state index contributed by atoms with van der Waals surface area (Å²) in [5.74, 6) is 0.541. The van der Waals surface area contributed by atoms with Crippen molar-refractivity contribution < 1.29 is 8.42 Å². The van der Waals surface area contributed by atoms with E-state index < -0.39 is 15.4 Å². The van der Waals surface area contributed by atoms with E-state index in [-0.39, 0.29) is 4.90 Å². The number of likely N-dealkylation sites (N-methyl/N-ethyl adjacent to an activating group) is 1. The van der Waals surface area contributed by atoms with Gasteiger partial charge in [-0.05, 0) is 44.5 Å². The molecule has 0 amide bonds. The minimum atomic E-state index is -3.74. The van der Waals surface area contributed by atoms with Crippen LogP contribution in [0.25, 0.3) is 0 Å². The third-order valence-corrected chi connectivity index (χ3v) is 5.62. The van der Waals surface area contributed by atoms with Gasteiger partial charge in [-0.15, -0.1) is 4.40 Å². The minimum absolute atomic E-state index is 0.218. The molecule has 0 aliphatic carbocycles. The van der Waals surface area contributed by atoms with Gasteiger partial charge in [-0.1, -0.05) is 35.9 Å². The SMILES string of the molecule is Cc1ccc(S(=O)(=O)/N=C2\N(C)c3ccccc3C2(C)C)cc1. The van der Waals surface area contributed by atoms with Crippen LogP contribution in [0.4, 0.5) is 5.69 Å². The zero-order valence-electron chi connectivity index (χ0n) is 13.7. The molecule has 0 bridgehead atoms. The fraction of sp³-hybridized carbons (Fsp3) is 0.278. The number of nitrogens with zero attached hydrogens (tertiary/aromatic N) is 2. The summed E-state index contributed by atoms with van der Waals surface area (Å²) in [6.07, 6.45) is 0. The fourth-order valence-electron chi connectivity index (χ4n) is 3.00. The Kier molecular flexibility index (Phi) is 3.56. The molecule has 0 aromatic heterocycles. The van der Waals surface area contributed by atoms with Gasteiger partial charge in [0.25, 0.3) is 10.0 Å². The Morgan fingerprint density at radius 1 is 1.00 bits per heavy atom. The second-order valence-corrected chi connectivity index (χ2v) is 8.01. The van der Waals surface area contributed by atoms with E-state index in [4.69, 9.17) is 0 Å². The van der Waals surface area contributed by atoms with Crippen LogP contribution in [0.5, 0.6) is 0 Å². The minimum Gasteiger partial charge on any atom is -0.331 e. The van der Waals surface area contributed by atoms with E-state index >= 15 is 0 Å². The van der Waals surface area contributed by atoms with Crippen LogP contribution in [0.3, 0.4) is 0 Å². The summed E-state index contributed by atoms with van der Waals surface area (Å²) in [4.78, 5) is 2.08. The first-order valence-electron chi connectivity index (χ1n) is 7.49. The number of amidine groups is 1. The molecule has 0 saturated carbocycles. The van der Waals surface area contributed by atoms with E-state index in [1.165, 1.54) is 0 Å². The maximum atomic E-state index is 12.7. The molecule has 4 nitrogen and oxygen atoms in total. The van der Waals surface area contributed by atoms with Crippen molar-refractivity contribution in [1.82, 2.24) is 0 Å². The highest BCUT2D eigenvalue weighted by molar-refractivity contribution is 7.90. The molecule has 0 N–H and O–H groups in total. The Hall–Kier alpha value is -2.14. The van der Waals surface area contributed by atoms with Gasteiger partial charge in [0.2, 0.25) is 0 Å². The number of para-hydroxylation sites is 1. The van der Waals surface area contributed by atoms with Crippen molar-refractivity contribution in [2.75, 3.05) is 11.9 Å². The third kappa shape index (κ3) is 2.55. The maximum absolute atomic E-state index is 12.7. The van der Waals surface area contributed by atoms with E-state index in [2.05, 4.69) is 4.40 Å². The van der Waals surface area contributed by atoms with E-state index in [1.54, 1.807) is 24.3 Å². The van der Waals surface area contributed by atoms with Gasteiger partial charge in [-0.2, -0.15) is 8.42 Å². The number of fused-ring (bicyclic) bond motifs is 1. The summed E-state index contributed by atoms with van der Waals surface area (Å²) >= 11 is 0. The van der Waals surface area contributed by atoms with Gasteiger partial charge in [0.05, 0.1) is 10.3 Å². The summed E-state index contributed by atoms with van der Waals surface area (Å²) in [7, 11) is -1.88. The molecule has 0 unspecified atom stereocenters. The molecule has 3 rings (SSSR count). The summed E-state index contributed by atoms with van der Waals surface area (Å²) in [5.41, 5.74) is 2.64. The molecule has 0 radical (unpaired) electrons.